The summed E-state index contributed by atoms with van der Waals surface area (Å²) in [6.45, 7) is 10.3. The molecule has 8 heteroatoms. The van der Waals surface area contributed by atoms with Crippen LogP contribution in [0.2, 0.25) is 0 Å². The number of β-lactam (4-membered cyclic amide) rings is 1. The van der Waals surface area contributed by atoms with Crippen LogP contribution in [-0.2, 0) is 14.3 Å². The average molecular weight is 369 g/mol. The molecule has 2 rings (SSSR count). The fraction of sp³-hybridized carbons (Fsp3) is 0.833. The van der Waals surface area contributed by atoms with Crippen LogP contribution in [0, 0.1) is 5.92 Å². The van der Waals surface area contributed by atoms with Gasteiger partial charge in [-0.2, -0.15) is 0 Å². The van der Waals surface area contributed by atoms with Crippen molar-refractivity contribution in [2.24, 2.45) is 5.92 Å². The fourth-order valence-electron chi connectivity index (χ4n) is 3.66. The van der Waals surface area contributed by atoms with Gasteiger partial charge in [0.25, 0.3) is 5.91 Å². The molecule has 2 aliphatic heterocycles. The Bertz CT molecular complexity index is 572. The van der Waals surface area contributed by atoms with E-state index in [9.17, 15) is 19.5 Å². The number of rotatable bonds is 5. The first-order valence-electron chi connectivity index (χ1n) is 9.21. The zero-order chi connectivity index (χ0) is 19.7. The van der Waals surface area contributed by atoms with Crippen molar-refractivity contribution in [2.45, 2.75) is 64.6 Å². The highest BCUT2D eigenvalue weighted by Gasteiger charge is 2.60. The third-order valence-electron chi connectivity index (χ3n) is 4.65. The van der Waals surface area contributed by atoms with Gasteiger partial charge in [-0.15, -0.1) is 0 Å². The molecule has 26 heavy (non-hydrogen) atoms. The first kappa shape index (κ1) is 20.5. The number of nitrogens with zero attached hydrogens (tertiary/aromatic N) is 2. The molecule has 148 valence electrons. The molecule has 0 aromatic rings. The van der Waals surface area contributed by atoms with Crippen molar-refractivity contribution in [1.29, 1.82) is 0 Å². The van der Waals surface area contributed by atoms with Crippen LogP contribution in [0.3, 0.4) is 0 Å². The molecule has 0 aliphatic carbocycles. The van der Waals surface area contributed by atoms with Crippen molar-refractivity contribution in [1.82, 2.24) is 15.1 Å². The molecule has 0 saturated carbocycles. The number of nitrogens with one attached hydrogen (secondary N) is 1. The predicted molar refractivity (Wildman–Crippen MR) is 95.3 cm³/mol. The molecule has 2 aliphatic rings. The van der Waals surface area contributed by atoms with Crippen molar-refractivity contribution in [3.8, 4) is 0 Å². The number of carbonyl (C=O) groups is 3. The normalized spacial score (nSPS) is 24.0. The quantitative estimate of drug-likeness (QED) is 0.696. The highest BCUT2D eigenvalue weighted by molar-refractivity contribution is 5.98. The summed E-state index contributed by atoms with van der Waals surface area (Å²) in [7, 11) is 0. The van der Waals surface area contributed by atoms with Crippen molar-refractivity contribution in [2.75, 3.05) is 26.2 Å². The van der Waals surface area contributed by atoms with Crippen LogP contribution in [0.15, 0.2) is 0 Å². The van der Waals surface area contributed by atoms with Gasteiger partial charge in [0.2, 0.25) is 5.91 Å². The van der Waals surface area contributed by atoms with Gasteiger partial charge in [-0.25, -0.2) is 4.79 Å². The Morgan fingerprint density at radius 2 is 2.00 bits per heavy atom. The zero-order valence-electron chi connectivity index (χ0n) is 16.4. The maximum Gasteiger partial charge on any atom is 0.408 e. The summed E-state index contributed by atoms with van der Waals surface area (Å²) in [6, 6.07) is -1.12. The van der Waals surface area contributed by atoms with E-state index < -0.39 is 35.8 Å². The van der Waals surface area contributed by atoms with Gasteiger partial charge in [0.15, 0.2) is 0 Å². The molecule has 0 aromatic heterocycles. The van der Waals surface area contributed by atoms with Crippen LogP contribution in [0.4, 0.5) is 4.79 Å². The third-order valence-corrected chi connectivity index (χ3v) is 4.65. The molecule has 0 radical (unpaired) electrons. The number of ether oxygens (including phenoxy) is 1. The zero-order valence-corrected chi connectivity index (χ0v) is 16.4. The van der Waals surface area contributed by atoms with E-state index in [0.29, 0.717) is 32.0 Å². The Kier molecular flexibility index (Phi) is 5.85. The Labute approximate surface area is 154 Å². The number of amides is 3. The Hall–Kier alpha value is -1.83. The lowest BCUT2D eigenvalue weighted by atomic mass is 9.84. The second kappa shape index (κ2) is 7.42. The highest BCUT2D eigenvalue weighted by atomic mass is 16.6. The first-order valence-corrected chi connectivity index (χ1v) is 9.21. The summed E-state index contributed by atoms with van der Waals surface area (Å²) in [4.78, 5) is 40.8. The van der Waals surface area contributed by atoms with Gasteiger partial charge >= 0.3 is 6.09 Å². The van der Waals surface area contributed by atoms with E-state index in [4.69, 9.17) is 4.74 Å². The van der Waals surface area contributed by atoms with E-state index in [0.717, 1.165) is 6.42 Å². The van der Waals surface area contributed by atoms with Crippen LogP contribution >= 0.6 is 0 Å². The summed E-state index contributed by atoms with van der Waals surface area (Å²) in [5, 5.41) is 12.0. The van der Waals surface area contributed by atoms with Gasteiger partial charge in [-0.05, 0) is 39.5 Å². The van der Waals surface area contributed by atoms with Gasteiger partial charge in [-0.1, -0.05) is 13.8 Å². The molecule has 2 saturated heterocycles. The summed E-state index contributed by atoms with van der Waals surface area (Å²) < 4.78 is 5.15. The molecule has 8 nitrogen and oxygen atoms in total. The van der Waals surface area contributed by atoms with Gasteiger partial charge in [0, 0.05) is 13.1 Å². The van der Waals surface area contributed by atoms with Crippen LogP contribution in [0.25, 0.3) is 0 Å². The number of alkyl carbamates (subject to hydrolysis) is 1. The topological polar surface area (TPSA) is 99.2 Å². The molecule has 2 fully saturated rings. The van der Waals surface area contributed by atoms with Gasteiger partial charge < -0.3 is 25.0 Å². The van der Waals surface area contributed by atoms with Crippen molar-refractivity contribution < 1.29 is 24.2 Å². The number of hydrogen-bond acceptors (Lipinski definition) is 5. The lowest BCUT2D eigenvalue weighted by Gasteiger charge is -2.52. The summed E-state index contributed by atoms with van der Waals surface area (Å²) in [5.74, 6) is -0.111. The van der Waals surface area contributed by atoms with Crippen LogP contribution in [0.1, 0.15) is 47.5 Å². The lowest BCUT2D eigenvalue weighted by molar-refractivity contribution is -0.169. The van der Waals surface area contributed by atoms with Crippen LogP contribution in [0.5, 0.6) is 0 Å². The molecule has 0 bridgehead atoms. The van der Waals surface area contributed by atoms with Crippen molar-refractivity contribution >= 4 is 17.9 Å². The molecule has 2 unspecified atom stereocenters. The molecule has 2 heterocycles. The Balaban J connectivity index is 2.05. The smallest absolute Gasteiger partial charge is 0.408 e. The Morgan fingerprint density at radius 3 is 2.50 bits per heavy atom. The maximum atomic E-state index is 12.9. The van der Waals surface area contributed by atoms with Gasteiger partial charge in [-0.3, -0.25) is 9.59 Å². The van der Waals surface area contributed by atoms with E-state index in [1.54, 1.807) is 25.7 Å². The molecule has 3 amide bonds. The average Bonchev–Trinajstić information content (AvgIpc) is 2.95. The van der Waals surface area contributed by atoms with Gasteiger partial charge in [0.1, 0.15) is 17.2 Å². The minimum absolute atomic E-state index is 0.0361. The number of carbonyl (C=O) groups excluding carboxylic acids is 3. The van der Waals surface area contributed by atoms with E-state index >= 15 is 0 Å². The summed E-state index contributed by atoms with van der Waals surface area (Å²) >= 11 is 0. The molecule has 2 N–H and O–H groups in total. The SMILES string of the molecule is CC(C)CN1CC2(CCCN2C(=O)C(CO)NC(=O)OC(C)(C)C)C1=O. The van der Waals surface area contributed by atoms with E-state index in [1.165, 1.54) is 4.90 Å². The van der Waals surface area contributed by atoms with Crippen molar-refractivity contribution in [3.05, 3.63) is 0 Å². The summed E-state index contributed by atoms with van der Waals surface area (Å²) in [6.07, 6.45) is 0.591. The molecular formula is C18H31N3O5. The monoisotopic (exact) mass is 369 g/mol. The molecule has 1 spiro atoms. The van der Waals surface area contributed by atoms with Gasteiger partial charge in [0.05, 0.1) is 13.2 Å². The fourth-order valence-corrected chi connectivity index (χ4v) is 3.66. The molecular weight excluding hydrogens is 338 g/mol. The number of aliphatic hydroxyl groups is 1. The van der Waals surface area contributed by atoms with E-state index in [-0.39, 0.29) is 5.91 Å². The standard InChI is InChI=1S/C18H31N3O5/c1-12(2)9-20-11-18(15(20)24)7-6-8-21(18)14(23)13(10-22)19-16(25)26-17(3,4)5/h12-13,22H,6-11H2,1-5H3,(H,19,25). The minimum atomic E-state index is -1.12. The van der Waals surface area contributed by atoms with E-state index in [1.807, 2.05) is 13.8 Å². The summed E-state index contributed by atoms with van der Waals surface area (Å²) in [5.41, 5.74) is -1.52. The molecule has 0 aromatic carbocycles. The second-order valence-corrected chi connectivity index (χ2v) is 8.59. The number of hydrogen-bond donors (Lipinski definition) is 2. The molecule has 2 atom stereocenters. The van der Waals surface area contributed by atoms with E-state index in [2.05, 4.69) is 5.32 Å². The number of likely N-dealkylation sites (tertiary alicyclic amines) is 2. The number of aliphatic hydroxyl groups excluding tert-OH is 1. The predicted octanol–water partition coefficient (Wildman–Crippen LogP) is 0.731. The highest BCUT2D eigenvalue weighted by Crippen LogP contribution is 2.39. The third kappa shape index (κ3) is 4.11. The first-order chi connectivity index (χ1) is 12.0. The van der Waals surface area contributed by atoms with Crippen molar-refractivity contribution in [3.63, 3.8) is 0 Å². The second-order valence-electron chi connectivity index (χ2n) is 8.59. The lowest BCUT2D eigenvalue weighted by Crippen LogP contribution is -2.74. The Morgan fingerprint density at radius 1 is 1.35 bits per heavy atom. The van der Waals surface area contributed by atoms with Crippen LogP contribution < -0.4 is 5.32 Å². The minimum Gasteiger partial charge on any atom is -0.444 e. The van der Waals surface area contributed by atoms with Crippen LogP contribution in [-0.4, -0.2) is 76.2 Å². The maximum absolute atomic E-state index is 12.9. The largest absolute Gasteiger partial charge is 0.444 e.